The van der Waals surface area contributed by atoms with Crippen LogP contribution in [0.1, 0.15) is 46.1 Å². The topological polar surface area (TPSA) is 40.8 Å². The number of nitrogens with one attached hydrogen (secondary N) is 1. The SMILES string of the molecule is CC(C)NCc1ccn(CCCC(C)(C)C#N)c1. The fourth-order valence-electron chi connectivity index (χ4n) is 1.82. The Balaban J connectivity index is 2.34. The van der Waals surface area contributed by atoms with Crippen molar-refractivity contribution < 1.29 is 0 Å². The van der Waals surface area contributed by atoms with Crippen LogP contribution in [0.3, 0.4) is 0 Å². The average molecular weight is 247 g/mol. The van der Waals surface area contributed by atoms with E-state index in [1.165, 1.54) is 5.56 Å². The summed E-state index contributed by atoms with van der Waals surface area (Å²) in [5.41, 5.74) is 1.12. The molecule has 3 heteroatoms. The van der Waals surface area contributed by atoms with Crippen molar-refractivity contribution in [1.82, 2.24) is 9.88 Å². The van der Waals surface area contributed by atoms with Gasteiger partial charge in [0.25, 0.3) is 0 Å². The van der Waals surface area contributed by atoms with Crippen LogP contribution in [0.4, 0.5) is 0 Å². The summed E-state index contributed by atoms with van der Waals surface area (Å²) in [6, 6.07) is 5.02. The Labute approximate surface area is 111 Å². The minimum Gasteiger partial charge on any atom is -0.354 e. The van der Waals surface area contributed by atoms with Crippen LogP contribution in [0.2, 0.25) is 0 Å². The van der Waals surface area contributed by atoms with E-state index >= 15 is 0 Å². The summed E-state index contributed by atoms with van der Waals surface area (Å²) < 4.78 is 2.21. The molecule has 0 unspecified atom stereocenters. The molecule has 0 spiro atoms. The summed E-state index contributed by atoms with van der Waals surface area (Å²) in [4.78, 5) is 0. The Morgan fingerprint density at radius 2 is 2.17 bits per heavy atom. The van der Waals surface area contributed by atoms with Crippen LogP contribution in [0.15, 0.2) is 18.5 Å². The largest absolute Gasteiger partial charge is 0.354 e. The molecule has 1 rings (SSSR count). The van der Waals surface area contributed by atoms with Gasteiger partial charge in [-0.15, -0.1) is 0 Å². The summed E-state index contributed by atoms with van der Waals surface area (Å²) in [6.07, 6.45) is 6.30. The highest BCUT2D eigenvalue weighted by atomic mass is 14.9. The van der Waals surface area contributed by atoms with Crippen molar-refractivity contribution in [3.63, 3.8) is 0 Å². The van der Waals surface area contributed by atoms with Gasteiger partial charge in [0.2, 0.25) is 0 Å². The van der Waals surface area contributed by atoms with Crippen LogP contribution in [0.25, 0.3) is 0 Å². The molecule has 1 aromatic heterocycles. The van der Waals surface area contributed by atoms with Crippen molar-refractivity contribution >= 4 is 0 Å². The molecular weight excluding hydrogens is 222 g/mol. The molecule has 0 saturated carbocycles. The number of rotatable bonds is 7. The van der Waals surface area contributed by atoms with E-state index in [9.17, 15) is 0 Å². The second kappa shape index (κ2) is 6.61. The molecule has 0 amide bonds. The highest BCUT2D eigenvalue weighted by Gasteiger charge is 2.15. The van der Waals surface area contributed by atoms with Crippen molar-refractivity contribution in [2.75, 3.05) is 0 Å². The first-order valence-corrected chi connectivity index (χ1v) is 6.72. The minimum atomic E-state index is -0.199. The maximum absolute atomic E-state index is 8.95. The van der Waals surface area contributed by atoms with Crippen LogP contribution < -0.4 is 5.32 Å². The molecule has 0 aliphatic rings. The second-order valence-corrected chi connectivity index (χ2v) is 5.89. The Morgan fingerprint density at radius 3 is 2.78 bits per heavy atom. The first kappa shape index (κ1) is 14.8. The lowest BCUT2D eigenvalue weighted by molar-refractivity contribution is 0.416. The smallest absolute Gasteiger partial charge is 0.0683 e. The Morgan fingerprint density at radius 1 is 1.44 bits per heavy atom. The number of aryl methyl sites for hydroxylation is 1. The molecule has 1 aromatic rings. The zero-order chi connectivity index (χ0) is 13.6. The van der Waals surface area contributed by atoms with Crippen molar-refractivity contribution in [2.24, 2.45) is 5.41 Å². The van der Waals surface area contributed by atoms with Gasteiger partial charge >= 0.3 is 0 Å². The summed E-state index contributed by atoms with van der Waals surface area (Å²) in [5.74, 6) is 0. The van der Waals surface area contributed by atoms with E-state index < -0.39 is 0 Å². The third kappa shape index (κ3) is 5.37. The zero-order valence-electron chi connectivity index (χ0n) is 12.0. The van der Waals surface area contributed by atoms with Crippen LogP contribution in [0.5, 0.6) is 0 Å². The molecule has 1 heterocycles. The molecule has 0 aromatic carbocycles. The molecule has 1 N–H and O–H groups in total. The maximum Gasteiger partial charge on any atom is 0.0683 e. The number of aromatic nitrogens is 1. The van der Waals surface area contributed by atoms with Gasteiger partial charge in [-0.05, 0) is 38.3 Å². The predicted octanol–water partition coefficient (Wildman–Crippen LogP) is 3.32. The molecule has 0 aliphatic heterocycles. The van der Waals surface area contributed by atoms with Gasteiger partial charge in [-0.1, -0.05) is 13.8 Å². The molecule has 0 atom stereocenters. The van der Waals surface area contributed by atoms with E-state index in [0.717, 1.165) is 25.9 Å². The zero-order valence-corrected chi connectivity index (χ0v) is 12.0. The van der Waals surface area contributed by atoms with Crippen LogP contribution >= 0.6 is 0 Å². The van der Waals surface area contributed by atoms with Gasteiger partial charge in [0.15, 0.2) is 0 Å². The number of hydrogen-bond donors (Lipinski definition) is 1. The van der Waals surface area contributed by atoms with E-state index in [-0.39, 0.29) is 5.41 Å². The van der Waals surface area contributed by atoms with Crippen molar-refractivity contribution in [3.8, 4) is 6.07 Å². The number of nitrogens with zero attached hydrogens (tertiary/aromatic N) is 2. The molecular formula is C15H25N3. The first-order valence-electron chi connectivity index (χ1n) is 6.72. The van der Waals surface area contributed by atoms with E-state index in [4.69, 9.17) is 5.26 Å². The molecule has 0 bridgehead atoms. The molecule has 3 nitrogen and oxygen atoms in total. The van der Waals surface area contributed by atoms with E-state index in [1.807, 2.05) is 13.8 Å². The second-order valence-electron chi connectivity index (χ2n) is 5.89. The third-order valence-corrected chi connectivity index (χ3v) is 3.05. The number of hydrogen-bond acceptors (Lipinski definition) is 2. The van der Waals surface area contributed by atoms with Gasteiger partial charge < -0.3 is 9.88 Å². The lowest BCUT2D eigenvalue weighted by Crippen LogP contribution is -2.21. The highest BCUT2D eigenvalue weighted by molar-refractivity contribution is 5.10. The van der Waals surface area contributed by atoms with Crippen molar-refractivity contribution in [1.29, 1.82) is 5.26 Å². The monoisotopic (exact) mass is 247 g/mol. The minimum absolute atomic E-state index is 0.199. The Hall–Kier alpha value is -1.27. The molecule has 0 saturated heterocycles. The fourth-order valence-corrected chi connectivity index (χ4v) is 1.82. The van der Waals surface area contributed by atoms with Gasteiger partial charge in [-0.2, -0.15) is 5.26 Å². The molecule has 100 valence electrons. The van der Waals surface area contributed by atoms with Gasteiger partial charge in [0, 0.05) is 31.5 Å². The molecule has 0 aliphatic carbocycles. The van der Waals surface area contributed by atoms with E-state index in [2.05, 4.69) is 48.3 Å². The number of nitriles is 1. The lowest BCUT2D eigenvalue weighted by atomic mass is 9.90. The predicted molar refractivity (Wildman–Crippen MR) is 75.0 cm³/mol. The molecule has 18 heavy (non-hydrogen) atoms. The van der Waals surface area contributed by atoms with E-state index in [0.29, 0.717) is 6.04 Å². The van der Waals surface area contributed by atoms with Crippen molar-refractivity contribution in [2.45, 2.75) is 59.7 Å². The van der Waals surface area contributed by atoms with Gasteiger partial charge in [-0.3, -0.25) is 0 Å². The van der Waals surface area contributed by atoms with Crippen LogP contribution in [0, 0.1) is 16.7 Å². The van der Waals surface area contributed by atoms with E-state index in [1.54, 1.807) is 0 Å². The Bertz CT molecular complexity index is 396. The third-order valence-electron chi connectivity index (χ3n) is 3.05. The van der Waals surface area contributed by atoms with Crippen molar-refractivity contribution in [3.05, 3.63) is 24.0 Å². The summed E-state index contributed by atoms with van der Waals surface area (Å²) in [7, 11) is 0. The van der Waals surface area contributed by atoms with Crippen LogP contribution in [-0.4, -0.2) is 10.6 Å². The summed E-state index contributed by atoms with van der Waals surface area (Å²) in [6.45, 7) is 10.2. The quantitative estimate of drug-likeness (QED) is 0.803. The lowest BCUT2D eigenvalue weighted by Gasteiger charge is -2.14. The standard InChI is InChI=1S/C15H25N3/c1-13(2)17-10-14-6-9-18(11-14)8-5-7-15(3,4)12-16/h6,9,11,13,17H,5,7-8,10H2,1-4H3. The molecule has 0 fully saturated rings. The maximum atomic E-state index is 8.95. The first-order chi connectivity index (χ1) is 8.43. The molecule has 0 radical (unpaired) electrons. The normalized spacial score (nSPS) is 11.8. The average Bonchev–Trinajstić information content (AvgIpc) is 2.74. The Kier molecular flexibility index (Phi) is 5.43. The summed E-state index contributed by atoms with van der Waals surface area (Å²) in [5, 5.41) is 12.4. The highest BCUT2D eigenvalue weighted by Crippen LogP contribution is 2.21. The summed E-state index contributed by atoms with van der Waals surface area (Å²) >= 11 is 0. The van der Waals surface area contributed by atoms with Gasteiger partial charge in [0.1, 0.15) is 0 Å². The van der Waals surface area contributed by atoms with Crippen LogP contribution in [-0.2, 0) is 13.1 Å². The van der Waals surface area contributed by atoms with Gasteiger partial charge in [0.05, 0.1) is 11.5 Å². The van der Waals surface area contributed by atoms with Gasteiger partial charge in [-0.25, -0.2) is 0 Å². The fraction of sp³-hybridized carbons (Fsp3) is 0.667.